The highest BCUT2D eigenvalue weighted by Gasteiger charge is 2.27. The molecule has 1 saturated heterocycles. The van der Waals surface area contributed by atoms with Crippen molar-refractivity contribution >= 4 is 17.8 Å². The molecule has 1 aliphatic heterocycles. The van der Waals surface area contributed by atoms with Crippen LogP contribution in [0, 0.1) is 6.92 Å². The second-order valence-corrected chi connectivity index (χ2v) is 7.59. The molecule has 2 amide bonds. The lowest BCUT2D eigenvalue weighted by Crippen LogP contribution is -2.51. The maximum atomic E-state index is 12.4. The van der Waals surface area contributed by atoms with Crippen molar-refractivity contribution in [3.8, 4) is 0 Å². The maximum absolute atomic E-state index is 12.4. The lowest BCUT2D eigenvalue weighted by atomic mass is 10.0. The molecule has 0 aliphatic carbocycles. The zero-order chi connectivity index (χ0) is 19.3. The largest absolute Gasteiger partial charge is 0.444 e. The second-order valence-electron chi connectivity index (χ2n) is 7.59. The monoisotopic (exact) mass is 360 g/mol. The van der Waals surface area contributed by atoms with Crippen LogP contribution in [-0.4, -0.2) is 59.4 Å². The molecule has 6 nitrogen and oxygen atoms in total. The first-order valence-corrected chi connectivity index (χ1v) is 9.02. The van der Waals surface area contributed by atoms with Gasteiger partial charge in [-0.1, -0.05) is 24.3 Å². The molecule has 6 heteroatoms. The van der Waals surface area contributed by atoms with E-state index >= 15 is 0 Å². The molecule has 0 N–H and O–H groups in total. The number of rotatable bonds is 4. The zero-order valence-electron chi connectivity index (χ0n) is 16.1. The Hall–Kier alpha value is -2.37. The third kappa shape index (κ3) is 5.58. The number of aryl methyl sites for hydroxylation is 1. The van der Waals surface area contributed by atoms with Crippen LogP contribution in [0.2, 0.25) is 0 Å². The summed E-state index contributed by atoms with van der Waals surface area (Å²) in [4.78, 5) is 40.0. The van der Waals surface area contributed by atoms with Gasteiger partial charge in [-0.3, -0.25) is 9.59 Å². The van der Waals surface area contributed by atoms with E-state index in [2.05, 4.69) is 0 Å². The first kappa shape index (κ1) is 19.9. The summed E-state index contributed by atoms with van der Waals surface area (Å²) in [6.07, 6.45) is 0.0505. The summed E-state index contributed by atoms with van der Waals surface area (Å²) in [7, 11) is 0. The van der Waals surface area contributed by atoms with Crippen LogP contribution in [0.25, 0.3) is 0 Å². The van der Waals surface area contributed by atoms with Gasteiger partial charge >= 0.3 is 6.09 Å². The number of carbonyl (C=O) groups excluding carboxylic acids is 3. The topological polar surface area (TPSA) is 66.9 Å². The van der Waals surface area contributed by atoms with Gasteiger partial charge in [0.15, 0.2) is 5.78 Å². The fourth-order valence-corrected chi connectivity index (χ4v) is 2.86. The molecule has 1 heterocycles. The highest BCUT2D eigenvalue weighted by molar-refractivity contribution is 5.99. The van der Waals surface area contributed by atoms with Gasteiger partial charge in [-0.25, -0.2) is 4.79 Å². The average molecular weight is 360 g/mol. The lowest BCUT2D eigenvalue weighted by Gasteiger charge is -2.35. The summed E-state index contributed by atoms with van der Waals surface area (Å²) in [6, 6.07) is 7.41. The van der Waals surface area contributed by atoms with Gasteiger partial charge in [0.25, 0.3) is 0 Å². The number of hydrogen-bond acceptors (Lipinski definition) is 4. The van der Waals surface area contributed by atoms with E-state index in [1.54, 1.807) is 15.9 Å². The highest BCUT2D eigenvalue weighted by atomic mass is 16.6. The number of ketones is 1. The van der Waals surface area contributed by atoms with Crippen LogP contribution in [0.5, 0.6) is 0 Å². The minimum atomic E-state index is -0.528. The summed E-state index contributed by atoms with van der Waals surface area (Å²) in [6.45, 7) is 9.22. The lowest BCUT2D eigenvalue weighted by molar-refractivity contribution is -0.132. The van der Waals surface area contributed by atoms with Gasteiger partial charge in [-0.05, 0) is 33.3 Å². The van der Waals surface area contributed by atoms with Gasteiger partial charge in [-0.2, -0.15) is 0 Å². The predicted molar refractivity (Wildman–Crippen MR) is 99.1 cm³/mol. The Balaban J connectivity index is 1.79. The molecular formula is C20H28N2O4. The Morgan fingerprint density at radius 1 is 0.962 bits per heavy atom. The van der Waals surface area contributed by atoms with Crippen molar-refractivity contribution < 1.29 is 19.1 Å². The molecule has 0 saturated carbocycles. The number of Topliss-reactive ketones (excluding diaryl/α,β-unsaturated/α-hetero) is 1. The average Bonchev–Trinajstić information content (AvgIpc) is 2.58. The van der Waals surface area contributed by atoms with Crippen LogP contribution in [0.1, 0.15) is 49.5 Å². The smallest absolute Gasteiger partial charge is 0.410 e. The Morgan fingerprint density at radius 2 is 1.54 bits per heavy atom. The van der Waals surface area contributed by atoms with Crippen LogP contribution in [0.15, 0.2) is 24.3 Å². The number of benzene rings is 1. The Bertz CT molecular complexity index is 671. The van der Waals surface area contributed by atoms with E-state index in [4.69, 9.17) is 4.74 Å². The molecule has 2 rings (SSSR count). The first-order valence-electron chi connectivity index (χ1n) is 9.02. The van der Waals surface area contributed by atoms with Crippen LogP contribution in [0.3, 0.4) is 0 Å². The fourth-order valence-electron chi connectivity index (χ4n) is 2.86. The van der Waals surface area contributed by atoms with E-state index in [1.807, 2.05) is 45.9 Å². The number of nitrogens with zero attached hydrogens (tertiary/aromatic N) is 2. The SMILES string of the molecule is Cc1ccccc1C(=O)CCC(=O)N1CCN(C(=O)OC(C)(C)C)CC1. The molecule has 1 aliphatic rings. The first-order chi connectivity index (χ1) is 12.2. The van der Waals surface area contributed by atoms with Gasteiger partial charge in [0.1, 0.15) is 5.60 Å². The molecule has 1 aromatic rings. The zero-order valence-corrected chi connectivity index (χ0v) is 16.1. The standard InChI is InChI=1S/C20H28N2O4/c1-15-7-5-6-8-16(15)17(23)9-10-18(24)21-11-13-22(14-12-21)19(25)26-20(2,3)4/h5-8H,9-14H2,1-4H3. The molecule has 1 aromatic carbocycles. The van der Waals surface area contributed by atoms with Gasteiger partial charge in [-0.15, -0.1) is 0 Å². The summed E-state index contributed by atoms with van der Waals surface area (Å²) in [5.74, 6) is -0.0559. The molecule has 142 valence electrons. The Labute approximate surface area is 155 Å². The summed E-state index contributed by atoms with van der Waals surface area (Å²) in [5.41, 5.74) is 1.07. The number of ether oxygens (including phenoxy) is 1. The molecule has 1 fully saturated rings. The van der Waals surface area contributed by atoms with Crippen LogP contribution < -0.4 is 0 Å². The van der Waals surface area contributed by atoms with E-state index in [9.17, 15) is 14.4 Å². The number of piperazine rings is 1. The summed E-state index contributed by atoms with van der Waals surface area (Å²) >= 11 is 0. The number of carbonyl (C=O) groups is 3. The normalized spacial score (nSPS) is 14.9. The number of hydrogen-bond donors (Lipinski definition) is 0. The van der Waals surface area contributed by atoms with Crippen molar-refractivity contribution in [1.82, 2.24) is 9.80 Å². The van der Waals surface area contributed by atoms with E-state index in [0.717, 1.165) is 5.56 Å². The molecular weight excluding hydrogens is 332 g/mol. The quantitative estimate of drug-likeness (QED) is 0.774. The number of amides is 2. The van der Waals surface area contributed by atoms with E-state index < -0.39 is 5.60 Å². The Kier molecular flexibility index (Phi) is 6.40. The predicted octanol–water partition coefficient (Wildman–Crippen LogP) is 3.04. The van der Waals surface area contributed by atoms with Crippen molar-refractivity contribution in [3.05, 3.63) is 35.4 Å². The van der Waals surface area contributed by atoms with Gasteiger partial charge < -0.3 is 14.5 Å². The Morgan fingerprint density at radius 3 is 2.12 bits per heavy atom. The minimum absolute atomic E-state index is 0.0103. The fraction of sp³-hybridized carbons (Fsp3) is 0.550. The molecule has 0 unspecified atom stereocenters. The van der Waals surface area contributed by atoms with Crippen LogP contribution in [-0.2, 0) is 9.53 Å². The van der Waals surface area contributed by atoms with Gasteiger partial charge in [0.2, 0.25) is 5.91 Å². The molecule has 0 spiro atoms. The van der Waals surface area contributed by atoms with Crippen molar-refractivity contribution in [3.63, 3.8) is 0 Å². The summed E-state index contributed by atoms with van der Waals surface area (Å²) < 4.78 is 5.35. The minimum Gasteiger partial charge on any atom is -0.444 e. The van der Waals surface area contributed by atoms with Crippen molar-refractivity contribution in [2.24, 2.45) is 0 Å². The van der Waals surface area contributed by atoms with E-state index in [1.165, 1.54) is 0 Å². The molecule has 0 atom stereocenters. The second kappa shape index (κ2) is 8.34. The third-order valence-corrected chi connectivity index (χ3v) is 4.30. The third-order valence-electron chi connectivity index (χ3n) is 4.30. The van der Waals surface area contributed by atoms with Crippen LogP contribution >= 0.6 is 0 Å². The molecule has 0 radical (unpaired) electrons. The van der Waals surface area contributed by atoms with E-state index in [-0.39, 0.29) is 30.6 Å². The molecule has 0 bridgehead atoms. The molecule has 0 aromatic heterocycles. The maximum Gasteiger partial charge on any atom is 0.410 e. The van der Waals surface area contributed by atoms with Crippen molar-refractivity contribution in [2.75, 3.05) is 26.2 Å². The van der Waals surface area contributed by atoms with E-state index in [0.29, 0.717) is 31.7 Å². The van der Waals surface area contributed by atoms with Crippen LogP contribution in [0.4, 0.5) is 4.79 Å². The van der Waals surface area contributed by atoms with Gasteiger partial charge in [0, 0.05) is 44.6 Å². The van der Waals surface area contributed by atoms with Gasteiger partial charge in [0.05, 0.1) is 0 Å². The highest BCUT2D eigenvalue weighted by Crippen LogP contribution is 2.14. The molecule has 26 heavy (non-hydrogen) atoms. The summed E-state index contributed by atoms with van der Waals surface area (Å²) in [5, 5.41) is 0. The van der Waals surface area contributed by atoms with Crippen molar-refractivity contribution in [2.45, 2.75) is 46.1 Å². The van der Waals surface area contributed by atoms with Crippen molar-refractivity contribution in [1.29, 1.82) is 0 Å².